The number of ether oxygens (including phenoxy) is 2. The third kappa shape index (κ3) is 4.78. The van der Waals surface area contributed by atoms with Gasteiger partial charge in [-0.1, -0.05) is 42.5 Å². The molecule has 6 nitrogen and oxygen atoms in total. The second kappa shape index (κ2) is 9.60. The van der Waals surface area contributed by atoms with Gasteiger partial charge in [0.05, 0.1) is 20.3 Å². The number of carbonyl (C=O) groups is 2. The number of benzene rings is 3. The Labute approximate surface area is 175 Å². The van der Waals surface area contributed by atoms with Crippen LogP contribution in [-0.4, -0.2) is 26.0 Å². The summed E-state index contributed by atoms with van der Waals surface area (Å²) in [6.07, 6.45) is 0. The van der Waals surface area contributed by atoms with Gasteiger partial charge in [0.15, 0.2) is 0 Å². The van der Waals surface area contributed by atoms with Gasteiger partial charge in [-0.25, -0.2) is 0 Å². The van der Waals surface area contributed by atoms with Gasteiger partial charge in [0.1, 0.15) is 17.1 Å². The van der Waals surface area contributed by atoms with Crippen molar-refractivity contribution in [2.75, 3.05) is 19.5 Å². The number of methoxy groups -OCH3 is 2. The van der Waals surface area contributed by atoms with Crippen molar-refractivity contribution in [1.29, 1.82) is 0 Å². The molecule has 0 bridgehead atoms. The number of anilines is 1. The van der Waals surface area contributed by atoms with E-state index in [2.05, 4.69) is 10.6 Å². The number of hydrogen-bond donors (Lipinski definition) is 2. The molecule has 3 aromatic rings. The Hall–Kier alpha value is -3.80. The molecule has 2 N–H and O–H groups in total. The Bertz CT molecular complexity index is 1010. The molecular formula is C24H24N2O4. The summed E-state index contributed by atoms with van der Waals surface area (Å²) in [5, 5.41) is 5.78. The fraction of sp³-hybridized carbons (Fsp3) is 0.167. The molecular weight excluding hydrogens is 380 g/mol. The van der Waals surface area contributed by atoms with Gasteiger partial charge in [-0.15, -0.1) is 0 Å². The highest BCUT2D eigenvalue weighted by Crippen LogP contribution is 2.29. The largest absolute Gasteiger partial charge is 0.496 e. The summed E-state index contributed by atoms with van der Waals surface area (Å²) in [4.78, 5) is 25.5. The minimum atomic E-state index is -0.389. The molecule has 154 valence electrons. The molecule has 6 heteroatoms. The van der Waals surface area contributed by atoms with Gasteiger partial charge in [-0.3, -0.25) is 9.59 Å². The van der Waals surface area contributed by atoms with Crippen LogP contribution in [0.4, 0.5) is 5.69 Å². The third-order valence-electron chi connectivity index (χ3n) is 4.68. The molecule has 2 amide bonds. The molecule has 30 heavy (non-hydrogen) atoms. The lowest BCUT2D eigenvalue weighted by atomic mass is 10.1. The Kier molecular flexibility index (Phi) is 6.70. The summed E-state index contributed by atoms with van der Waals surface area (Å²) in [6.45, 7) is 1.92. The van der Waals surface area contributed by atoms with Gasteiger partial charge in [-0.05, 0) is 42.8 Å². The second-order valence-corrected chi connectivity index (χ2v) is 6.68. The normalized spacial score (nSPS) is 11.3. The molecule has 0 aromatic heterocycles. The van der Waals surface area contributed by atoms with Crippen LogP contribution in [0.25, 0.3) is 0 Å². The summed E-state index contributed by atoms with van der Waals surface area (Å²) in [5.74, 6) is 0.187. The van der Waals surface area contributed by atoms with E-state index in [1.807, 2.05) is 37.3 Å². The average molecular weight is 404 g/mol. The van der Waals surface area contributed by atoms with Gasteiger partial charge >= 0.3 is 0 Å². The van der Waals surface area contributed by atoms with Crippen LogP contribution in [-0.2, 0) is 0 Å². The van der Waals surface area contributed by atoms with Crippen molar-refractivity contribution < 1.29 is 19.1 Å². The predicted molar refractivity (Wildman–Crippen MR) is 116 cm³/mol. The van der Waals surface area contributed by atoms with Crippen molar-refractivity contribution in [3.8, 4) is 11.5 Å². The molecule has 0 saturated heterocycles. The Morgan fingerprint density at radius 3 is 2.07 bits per heavy atom. The minimum Gasteiger partial charge on any atom is -0.496 e. The zero-order valence-electron chi connectivity index (χ0n) is 17.1. The van der Waals surface area contributed by atoms with Gasteiger partial charge in [0.25, 0.3) is 11.8 Å². The van der Waals surface area contributed by atoms with E-state index in [0.717, 1.165) is 5.56 Å². The van der Waals surface area contributed by atoms with Crippen molar-refractivity contribution in [3.05, 3.63) is 89.5 Å². The Morgan fingerprint density at radius 2 is 1.43 bits per heavy atom. The monoisotopic (exact) mass is 404 g/mol. The highest BCUT2D eigenvalue weighted by Gasteiger charge is 2.19. The quantitative estimate of drug-likeness (QED) is 0.610. The molecule has 0 spiro atoms. The van der Waals surface area contributed by atoms with Crippen molar-refractivity contribution >= 4 is 17.5 Å². The number of amides is 2. The average Bonchev–Trinajstić information content (AvgIpc) is 2.79. The van der Waals surface area contributed by atoms with Crippen LogP contribution >= 0.6 is 0 Å². The molecule has 0 radical (unpaired) electrons. The smallest absolute Gasteiger partial charge is 0.263 e. The molecule has 0 unspecified atom stereocenters. The van der Waals surface area contributed by atoms with E-state index in [0.29, 0.717) is 22.7 Å². The van der Waals surface area contributed by atoms with Crippen molar-refractivity contribution in [2.45, 2.75) is 13.0 Å². The molecule has 0 fully saturated rings. The van der Waals surface area contributed by atoms with Crippen LogP contribution in [0.3, 0.4) is 0 Å². The van der Waals surface area contributed by atoms with Crippen LogP contribution in [0.2, 0.25) is 0 Å². The number of rotatable bonds is 7. The number of carbonyl (C=O) groups excluding carboxylic acids is 2. The van der Waals surface area contributed by atoms with Crippen molar-refractivity contribution in [2.24, 2.45) is 0 Å². The highest BCUT2D eigenvalue weighted by atomic mass is 16.5. The molecule has 0 aliphatic heterocycles. The van der Waals surface area contributed by atoms with E-state index in [-0.39, 0.29) is 23.4 Å². The first-order chi connectivity index (χ1) is 14.5. The van der Waals surface area contributed by atoms with Crippen molar-refractivity contribution in [1.82, 2.24) is 5.32 Å². The van der Waals surface area contributed by atoms with E-state index < -0.39 is 0 Å². The number of hydrogen-bond acceptors (Lipinski definition) is 4. The summed E-state index contributed by atoms with van der Waals surface area (Å²) in [6, 6.07) is 21.5. The van der Waals surface area contributed by atoms with Crippen molar-refractivity contribution in [3.63, 3.8) is 0 Å². The molecule has 0 saturated carbocycles. The Morgan fingerprint density at radius 1 is 0.800 bits per heavy atom. The molecule has 0 aliphatic rings. The summed E-state index contributed by atoms with van der Waals surface area (Å²) >= 11 is 0. The fourth-order valence-corrected chi connectivity index (χ4v) is 3.11. The van der Waals surface area contributed by atoms with E-state index in [1.54, 1.807) is 42.5 Å². The Balaban J connectivity index is 1.76. The first-order valence-electron chi connectivity index (χ1n) is 9.51. The van der Waals surface area contributed by atoms with Crippen LogP contribution in [0.1, 0.15) is 39.2 Å². The summed E-state index contributed by atoms with van der Waals surface area (Å²) < 4.78 is 10.6. The van der Waals surface area contributed by atoms with Crippen LogP contribution in [0.15, 0.2) is 72.8 Å². The van der Waals surface area contributed by atoms with E-state index >= 15 is 0 Å². The van der Waals surface area contributed by atoms with E-state index in [9.17, 15) is 9.59 Å². The zero-order valence-corrected chi connectivity index (χ0v) is 17.1. The first-order valence-corrected chi connectivity index (χ1v) is 9.51. The third-order valence-corrected chi connectivity index (χ3v) is 4.68. The molecule has 0 heterocycles. The predicted octanol–water partition coefficient (Wildman–Crippen LogP) is 4.45. The lowest BCUT2D eigenvalue weighted by Crippen LogP contribution is -2.26. The second-order valence-electron chi connectivity index (χ2n) is 6.68. The van der Waals surface area contributed by atoms with Crippen LogP contribution in [0.5, 0.6) is 11.5 Å². The topological polar surface area (TPSA) is 76.7 Å². The lowest BCUT2D eigenvalue weighted by Gasteiger charge is -2.15. The maximum absolute atomic E-state index is 12.8. The maximum atomic E-state index is 12.8. The van der Waals surface area contributed by atoms with Gasteiger partial charge < -0.3 is 20.1 Å². The molecule has 0 aliphatic carbocycles. The molecule has 3 aromatic carbocycles. The van der Waals surface area contributed by atoms with Gasteiger partial charge in [0.2, 0.25) is 0 Å². The zero-order chi connectivity index (χ0) is 21.5. The van der Waals surface area contributed by atoms with E-state index in [1.165, 1.54) is 14.2 Å². The SMILES string of the molecule is COc1cccc(OC)c1C(=O)Nc1cccc(C(=O)N[C@@H](C)c2ccccc2)c1. The summed E-state index contributed by atoms with van der Waals surface area (Å²) in [5.41, 5.74) is 2.24. The summed E-state index contributed by atoms with van der Waals surface area (Å²) in [7, 11) is 2.98. The highest BCUT2D eigenvalue weighted by molar-refractivity contribution is 6.08. The van der Waals surface area contributed by atoms with Gasteiger partial charge in [-0.2, -0.15) is 0 Å². The molecule has 1 atom stereocenters. The first kappa shape index (κ1) is 20.9. The maximum Gasteiger partial charge on any atom is 0.263 e. The molecule has 3 rings (SSSR count). The number of nitrogens with one attached hydrogen (secondary N) is 2. The van der Waals surface area contributed by atoms with Crippen LogP contribution < -0.4 is 20.1 Å². The van der Waals surface area contributed by atoms with Crippen LogP contribution in [0, 0.1) is 0 Å². The lowest BCUT2D eigenvalue weighted by molar-refractivity contribution is 0.0938. The van der Waals surface area contributed by atoms with E-state index in [4.69, 9.17) is 9.47 Å². The fourth-order valence-electron chi connectivity index (χ4n) is 3.11. The van der Waals surface area contributed by atoms with Gasteiger partial charge in [0, 0.05) is 11.3 Å². The standard InChI is InChI=1S/C24H24N2O4/c1-16(17-9-5-4-6-10-17)25-23(27)18-11-7-12-19(15-18)26-24(28)22-20(29-2)13-8-14-21(22)30-3/h4-16H,1-3H3,(H,25,27)(H,26,28)/t16-/m0/s1. The minimum absolute atomic E-state index is 0.144.